The summed E-state index contributed by atoms with van der Waals surface area (Å²) in [7, 11) is -1.14. The number of nitrogens with zero attached hydrogens (tertiary/aromatic N) is 2. The van der Waals surface area contributed by atoms with Crippen molar-refractivity contribution < 1.29 is 13.2 Å². The van der Waals surface area contributed by atoms with E-state index in [2.05, 4.69) is 46.4 Å². The molecule has 2 fully saturated rings. The van der Waals surface area contributed by atoms with Gasteiger partial charge in [-0.15, -0.1) is 0 Å². The first-order valence-electron chi connectivity index (χ1n) is 10.4. The van der Waals surface area contributed by atoms with Crippen molar-refractivity contribution in [3.63, 3.8) is 0 Å². The van der Waals surface area contributed by atoms with Crippen molar-refractivity contribution in [3.05, 3.63) is 35.9 Å². The van der Waals surface area contributed by atoms with Crippen molar-refractivity contribution in [2.24, 2.45) is 0 Å². The highest BCUT2D eigenvalue weighted by molar-refractivity contribution is 7.92. The number of carbonyl (C=O) groups is 1. The van der Waals surface area contributed by atoms with E-state index >= 15 is 0 Å². The number of likely N-dealkylation sites (N-methyl/N-ethyl adjacent to an activating group) is 1. The van der Waals surface area contributed by atoms with Gasteiger partial charge in [0.05, 0.1) is 5.25 Å². The zero-order valence-corrected chi connectivity index (χ0v) is 17.7. The van der Waals surface area contributed by atoms with Crippen molar-refractivity contribution in [1.29, 1.82) is 0 Å². The standard InChI is InChI=1S/C21H33N3O3S/c1-23-14-15-24(20(16-23)18-8-3-2-4-9-18)13-7-12-22-21(25)17-28(26,27)19-10-5-6-11-19/h2-4,8-9,19-20H,5-7,10-17H2,1H3,(H,22,25). The zero-order valence-electron chi connectivity index (χ0n) is 16.8. The van der Waals surface area contributed by atoms with E-state index in [1.165, 1.54) is 5.56 Å². The fourth-order valence-corrected chi connectivity index (χ4v) is 6.08. The molecule has 0 spiro atoms. The smallest absolute Gasteiger partial charge is 0.235 e. The third-order valence-electron chi connectivity index (χ3n) is 5.97. The van der Waals surface area contributed by atoms with Crippen LogP contribution in [0, 0.1) is 0 Å². The molecule has 28 heavy (non-hydrogen) atoms. The van der Waals surface area contributed by atoms with Crippen LogP contribution in [-0.2, 0) is 14.6 Å². The molecule has 0 radical (unpaired) electrons. The Morgan fingerprint density at radius 3 is 2.57 bits per heavy atom. The maximum absolute atomic E-state index is 12.3. The molecule has 0 aromatic heterocycles. The highest BCUT2D eigenvalue weighted by Gasteiger charge is 2.30. The van der Waals surface area contributed by atoms with Gasteiger partial charge in [-0.05, 0) is 31.9 Å². The van der Waals surface area contributed by atoms with Crippen LogP contribution in [0.15, 0.2) is 30.3 Å². The van der Waals surface area contributed by atoms with Crippen LogP contribution in [0.2, 0.25) is 0 Å². The predicted octanol–water partition coefficient (Wildman–Crippen LogP) is 1.84. The van der Waals surface area contributed by atoms with Crippen molar-refractivity contribution in [2.75, 3.05) is 45.5 Å². The number of carbonyl (C=O) groups excluding carboxylic acids is 1. The molecule has 1 aromatic carbocycles. The summed E-state index contributed by atoms with van der Waals surface area (Å²) in [5.41, 5.74) is 1.32. The van der Waals surface area contributed by atoms with Gasteiger partial charge in [-0.3, -0.25) is 9.69 Å². The fraction of sp³-hybridized carbons (Fsp3) is 0.667. The molecule has 1 aliphatic heterocycles. The molecule has 1 N–H and O–H groups in total. The minimum atomic E-state index is -3.30. The van der Waals surface area contributed by atoms with Crippen LogP contribution in [0.3, 0.4) is 0 Å². The van der Waals surface area contributed by atoms with Crippen LogP contribution < -0.4 is 5.32 Å². The first-order chi connectivity index (χ1) is 13.5. The predicted molar refractivity (Wildman–Crippen MR) is 112 cm³/mol. The first kappa shape index (κ1) is 21.3. The van der Waals surface area contributed by atoms with E-state index in [1.807, 2.05) is 6.07 Å². The molecule has 1 saturated carbocycles. The Morgan fingerprint density at radius 1 is 1.14 bits per heavy atom. The van der Waals surface area contributed by atoms with Gasteiger partial charge in [-0.25, -0.2) is 8.42 Å². The molecule has 3 rings (SSSR count). The van der Waals surface area contributed by atoms with Gasteiger partial charge in [0, 0.05) is 38.8 Å². The van der Waals surface area contributed by atoms with Crippen LogP contribution in [0.5, 0.6) is 0 Å². The molecule has 1 aliphatic carbocycles. The zero-order chi connectivity index (χ0) is 20.0. The summed E-state index contributed by atoms with van der Waals surface area (Å²) in [5.74, 6) is -0.719. The molecule has 1 unspecified atom stereocenters. The summed E-state index contributed by atoms with van der Waals surface area (Å²) in [6.45, 7) is 4.45. The quantitative estimate of drug-likeness (QED) is 0.666. The number of rotatable bonds is 8. The lowest BCUT2D eigenvalue weighted by Gasteiger charge is -2.40. The minimum absolute atomic E-state index is 0.310. The maximum Gasteiger partial charge on any atom is 0.235 e. The Kier molecular flexibility index (Phi) is 7.48. The molecular formula is C21H33N3O3S. The molecule has 1 atom stereocenters. The average molecular weight is 408 g/mol. The number of piperazine rings is 1. The fourth-order valence-electron chi connectivity index (χ4n) is 4.33. The molecule has 0 bridgehead atoms. The van der Waals surface area contributed by atoms with Crippen LogP contribution in [0.1, 0.15) is 43.7 Å². The minimum Gasteiger partial charge on any atom is -0.355 e. The molecule has 1 saturated heterocycles. The maximum atomic E-state index is 12.3. The second-order valence-corrected chi connectivity index (χ2v) is 10.4. The number of hydrogen-bond donors (Lipinski definition) is 1. The van der Waals surface area contributed by atoms with E-state index in [0.29, 0.717) is 25.4 Å². The normalized spacial score (nSPS) is 22.4. The molecular weight excluding hydrogens is 374 g/mol. The highest BCUT2D eigenvalue weighted by atomic mass is 32.2. The summed E-state index contributed by atoms with van der Waals surface area (Å²) >= 11 is 0. The lowest BCUT2D eigenvalue weighted by Crippen LogP contribution is -2.47. The van der Waals surface area contributed by atoms with E-state index in [4.69, 9.17) is 0 Å². The summed E-state index contributed by atoms with van der Waals surface area (Å²) in [6, 6.07) is 10.9. The number of benzene rings is 1. The molecule has 1 amide bonds. The van der Waals surface area contributed by atoms with Gasteiger partial charge in [0.15, 0.2) is 9.84 Å². The number of sulfone groups is 1. The van der Waals surface area contributed by atoms with Gasteiger partial charge in [0.1, 0.15) is 5.75 Å². The molecule has 2 aliphatic rings. The Balaban J connectivity index is 1.44. The SMILES string of the molecule is CN1CCN(CCCNC(=O)CS(=O)(=O)C2CCCC2)C(c2ccccc2)C1. The second kappa shape index (κ2) is 9.85. The average Bonchev–Trinajstić information content (AvgIpc) is 3.22. The number of nitrogens with one attached hydrogen (secondary N) is 1. The van der Waals surface area contributed by atoms with Gasteiger partial charge in [0.25, 0.3) is 0 Å². The molecule has 6 nitrogen and oxygen atoms in total. The van der Waals surface area contributed by atoms with Gasteiger partial charge < -0.3 is 10.2 Å². The number of hydrogen-bond acceptors (Lipinski definition) is 5. The van der Waals surface area contributed by atoms with Crippen molar-refractivity contribution in [1.82, 2.24) is 15.1 Å². The van der Waals surface area contributed by atoms with E-state index in [0.717, 1.165) is 45.4 Å². The van der Waals surface area contributed by atoms with E-state index in [1.54, 1.807) is 0 Å². The van der Waals surface area contributed by atoms with Crippen molar-refractivity contribution in [2.45, 2.75) is 43.4 Å². The molecule has 7 heteroatoms. The summed E-state index contributed by atoms with van der Waals surface area (Å²) < 4.78 is 24.6. The van der Waals surface area contributed by atoms with Crippen molar-refractivity contribution in [3.8, 4) is 0 Å². The second-order valence-electron chi connectivity index (χ2n) is 8.14. The summed E-state index contributed by atoms with van der Waals surface area (Å²) in [4.78, 5) is 16.9. The first-order valence-corrected chi connectivity index (χ1v) is 12.1. The molecule has 1 heterocycles. The monoisotopic (exact) mass is 407 g/mol. The topological polar surface area (TPSA) is 69.7 Å². The third-order valence-corrected chi connectivity index (χ3v) is 8.12. The molecule has 1 aromatic rings. The van der Waals surface area contributed by atoms with Crippen molar-refractivity contribution >= 4 is 15.7 Å². The van der Waals surface area contributed by atoms with E-state index in [-0.39, 0.29) is 16.9 Å². The van der Waals surface area contributed by atoms with Crippen LogP contribution in [0.25, 0.3) is 0 Å². The van der Waals surface area contributed by atoms with Gasteiger partial charge >= 0.3 is 0 Å². The summed E-state index contributed by atoms with van der Waals surface area (Å²) in [6.07, 6.45) is 4.15. The van der Waals surface area contributed by atoms with Gasteiger partial charge in [-0.2, -0.15) is 0 Å². The largest absolute Gasteiger partial charge is 0.355 e. The van der Waals surface area contributed by atoms with E-state index in [9.17, 15) is 13.2 Å². The number of amides is 1. The van der Waals surface area contributed by atoms with Crippen LogP contribution >= 0.6 is 0 Å². The third kappa shape index (κ3) is 5.78. The van der Waals surface area contributed by atoms with Crippen LogP contribution in [-0.4, -0.2) is 74.9 Å². The highest BCUT2D eigenvalue weighted by Crippen LogP contribution is 2.26. The molecule has 156 valence electrons. The lowest BCUT2D eigenvalue weighted by atomic mass is 10.0. The Labute approximate surface area is 169 Å². The van der Waals surface area contributed by atoms with Crippen LogP contribution in [0.4, 0.5) is 0 Å². The van der Waals surface area contributed by atoms with Gasteiger partial charge in [-0.1, -0.05) is 43.2 Å². The Hall–Kier alpha value is -1.44. The van der Waals surface area contributed by atoms with Gasteiger partial charge in [0.2, 0.25) is 5.91 Å². The van der Waals surface area contributed by atoms with E-state index < -0.39 is 9.84 Å². The Morgan fingerprint density at radius 2 is 1.86 bits per heavy atom. The Bertz CT molecular complexity index is 733. The lowest BCUT2D eigenvalue weighted by molar-refractivity contribution is -0.118. The summed E-state index contributed by atoms with van der Waals surface area (Å²) in [5, 5.41) is 2.50.